The highest BCUT2D eigenvalue weighted by Crippen LogP contribution is 2.18. The molecular formula is C11H19NO4. The number of amides is 1. The first-order valence-corrected chi connectivity index (χ1v) is 5.72. The molecule has 1 N–H and O–H groups in total. The number of ether oxygens (including phenoxy) is 2. The van der Waals surface area contributed by atoms with E-state index in [9.17, 15) is 9.59 Å². The fourth-order valence-electron chi connectivity index (χ4n) is 1.63. The second-order valence-electron chi connectivity index (χ2n) is 3.86. The predicted octanol–water partition coefficient (Wildman–Crippen LogP) is 0.623. The summed E-state index contributed by atoms with van der Waals surface area (Å²) in [5, 5.41) is 2.67. The van der Waals surface area contributed by atoms with E-state index >= 15 is 0 Å². The minimum atomic E-state index is -0.350. The Morgan fingerprint density at radius 3 is 2.75 bits per heavy atom. The summed E-state index contributed by atoms with van der Waals surface area (Å²) in [4.78, 5) is 22.5. The summed E-state index contributed by atoms with van der Waals surface area (Å²) in [6.07, 6.45) is 1.68. The maximum atomic E-state index is 11.5. The molecule has 1 rings (SSSR count). The first-order chi connectivity index (χ1) is 7.63. The van der Waals surface area contributed by atoms with Crippen LogP contribution in [0.3, 0.4) is 0 Å². The van der Waals surface area contributed by atoms with Crippen LogP contribution >= 0.6 is 0 Å². The van der Waals surface area contributed by atoms with E-state index in [1.54, 1.807) is 6.92 Å². The molecule has 0 bridgehead atoms. The largest absolute Gasteiger partial charge is 0.466 e. The zero-order chi connectivity index (χ0) is 12.0. The Kier molecular flexibility index (Phi) is 5.25. The van der Waals surface area contributed by atoms with Gasteiger partial charge in [0.25, 0.3) is 0 Å². The van der Waals surface area contributed by atoms with Gasteiger partial charge in [-0.1, -0.05) is 0 Å². The van der Waals surface area contributed by atoms with Crippen molar-refractivity contribution in [3.8, 4) is 0 Å². The van der Waals surface area contributed by atoms with Crippen LogP contribution in [0.15, 0.2) is 0 Å². The molecule has 2 atom stereocenters. The minimum Gasteiger partial charge on any atom is -0.466 e. The third-order valence-electron chi connectivity index (χ3n) is 2.46. The molecule has 1 aliphatic heterocycles. The van der Waals surface area contributed by atoms with Gasteiger partial charge < -0.3 is 14.8 Å². The summed E-state index contributed by atoms with van der Waals surface area (Å²) in [5.41, 5.74) is 0. The lowest BCUT2D eigenvalue weighted by Gasteiger charge is -2.11. The highest BCUT2D eigenvalue weighted by molar-refractivity contribution is 5.81. The van der Waals surface area contributed by atoms with Crippen LogP contribution in [0.25, 0.3) is 0 Å². The van der Waals surface area contributed by atoms with Gasteiger partial charge in [-0.05, 0) is 26.7 Å². The maximum absolute atomic E-state index is 11.5. The number of carbonyl (C=O) groups excluding carboxylic acids is 2. The van der Waals surface area contributed by atoms with Crippen molar-refractivity contribution < 1.29 is 19.1 Å². The first kappa shape index (κ1) is 13.0. The van der Waals surface area contributed by atoms with Gasteiger partial charge in [0.05, 0.1) is 19.1 Å². The molecule has 5 heteroatoms. The van der Waals surface area contributed by atoms with E-state index in [4.69, 9.17) is 9.47 Å². The molecule has 5 nitrogen and oxygen atoms in total. The van der Waals surface area contributed by atoms with Crippen molar-refractivity contribution in [2.24, 2.45) is 0 Å². The Morgan fingerprint density at radius 1 is 1.44 bits per heavy atom. The molecule has 1 aliphatic rings. The fraction of sp³-hybridized carbons (Fsp3) is 0.818. The molecule has 0 spiro atoms. The molecule has 0 aromatic carbocycles. The summed E-state index contributed by atoms with van der Waals surface area (Å²) in [6.45, 7) is 4.39. The Labute approximate surface area is 95.5 Å². The second-order valence-corrected chi connectivity index (χ2v) is 3.86. The zero-order valence-electron chi connectivity index (χ0n) is 9.82. The van der Waals surface area contributed by atoms with Crippen LogP contribution in [0.5, 0.6) is 0 Å². The Balaban J connectivity index is 2.13. The van der Waals surface area contributed by atoms with Crippen LogP contribution in [-0.4, -0.2) is 37.2 Å². The smallest absolute Gasteiger partial charge is 0.307 e. The average molecular weight is 229 g/mol. The van der Waals surface area contributed by atoms with Crippen LogP contribution in [0.2, 0.25) is 0 Å². The molecule has 0 aliphatic carbocycles. The number of rotatable bonds is 5. The lowest BCUT2D eigenvalue weighted by atomic mass is 10.2. The Bertz CT molecular complexity index is 254. The maximum Gasteiger partial charge on any atom is 0.307 e. The molecule has 0 saturated carbocycles. The van der Waals surface area contributed by atoms with Gasteiger partial charge in [-0.3, -0.25) is 9.59 Å². The van der Waals surface area contributed by atoms with E-state index < -0.39 is 0 Å². The number of hydrogen-bond donors (Lipinski definition) is 1. The summed E-state index contributed by atoms with van der Waals surface area (Å²) < 4.78 is 10.1. The van der Waals surface area contributed by atoms with Crippen molar-refractivity contribution >= 4 is 11.9 Å². The third kappa shape index (κ3) is 4.18. The van der Waals surface area contributed by atoms with Crippen molar-refractivity contribution in [3.63, 3.8) is 0 Å². The average Bonchev–Trinajstić information content (AvgIpc) is 2.65. The van der Waals surface area contributed by atoms with Gasteiger partial charge in [0.2, 0.25) is 5.91 Å². The van der Waals surface area contributed by atoms with Gasteiger partial charge in [0.1, 0.15) is 6.10 Å². The number of nitrogens with one attached hydrogen (secondary N) is 1. The van der Waals surface area contributed by atoms with E-state index in [2.05, 4.69) is 5.32 Å². The van der Waals surface area contributed by atoms with Crippen molar-refractivity contribution in [2.45, 2.75) is 45.3 Å². The van der Waals surface area contributed by atoms with Crippen molar-refractivity contribution in [2.75, 3.05) is 13.2 Å². The van der Waals surface area contributed by atoms with Gasteiger partial charge >= 0.3 is 5.97 Å². The Hall–Kier alpha value is -1.10. The summed E-state index contributed by atoms with van der Waals surface area (Å²) in [7, 11) is 0. The summed E-state index contributed by atoms with van der Waals surface area (Å²) in [6, 6.07) is 0. The standard InChI is InChI=1S/C11H19NO4/c1-3-15-10(13)6-7-12-11(14)9-5-4-8(2)16-9/h8-9H,3-7H2,1-2H3,(H,12,14). The molecule has 0 radical (unpaired) electrons. The normalized spacial score (nSPS) is 24.1. The molecule has 16 heavy (non-hydrogen) atoms. The first-order valence-electron chi connectivity index (χ1n) is 5.72. The lowest BCUT2D eigenvalue weighted by Crippen LogP contribution is -2.35. The minimum absolute atomic E-state index is 0.131. The van der Waals surface area contributed by atoms with Crippen LogP contribution in [0, 0.1) is 0 Å². The van der Waals surface area contributed by atoms with E-state index in [-0.39, 0.29) is 30.5 Å². The van der Waals surface area contributed by atoms with Crippen LogP contribution in [0.1, 0.15) is 33.1 Å². The molecule has 1 amide bonds. The molecule has 1 fully saturated rings. The van der Waals surface area contributed by atoms with Crippen molar-refractivity contribution in [3.05, 3.63) is 0 Å². The number of hydrogen-bond acceptors (Lipinski definition) is 4. The molecule has 92 valence electrons. The second kappa shape index (κ2) is 6.48. The molecule has 2 unspecified atom stereocenters. The van der Waals surface area contributed by atoms with Crippen LogP contribution < -0.4 is 5.32 Å². The van der Waals surface area contributed by atoms with E-state index in [0.717, 1.165) is 12.8 Å². The molecule has 1 heterocycles. The van der Waals surface area contributed by atoms with Gasteiger partial charge in [0, 0.05) is 6.54 Å². The Morgan fingerprint density at radius 2 is 2.19 bits per heavy atom. The van der Waals surface area contributed by atoms with Gasteiger partial charge in [-0.15, -0.1) is 0 Å². The van der Waals surface area contributed by atoms with Crippen LogP contribution in [0.4, 0.5) is 0 Å². The number of esters is 1. The molecular weight excluding hydrogens is 210 g/mol. The topological polar surface area (TPSA) is 64.6 Å². The molecule has 0 aromatic rings. The van der Waals surface area contributed by atoms with Crippen molar-refractivity contribution in [1.82, 2.24) is 5.32 Å². The van der Waals surface area contributed by atoms with Gasteiger partial charge in [0.15, 0.2) is 0 Å². The SMILES string of the molecule is CCOC(=O)CCNC(=O)C1CCC(C)O1. The zero-order valence-corrected chi connectivity index (χ0v) is 9.82. The monoisotopic (exact) mass is 229 g/mol. The quantitative estimate of drug-likeness (QED) is 0.702. The van der Waals surface area contributed by atoms with Crippen molar-refractivity contribution in [1.29, 1.82) is 0 Å². The van der Waals surface area contributed by atoms with E-state index in [1.165, 1.54) is 0 Å². The molecule has 0 aromatic heterocycles. The highest BCUT2D eigenvalue weighted by Gasteiger charge is 2.27. The van der Waals surface area contributed by atoms with E-state index in [1.807, 2.05) is 6.92 Å². The number of carbonyl (C=O) groups is 2. The lowest BCUT2D eigenvalue weighted by molar-refractivity contribution is -0.143. The van der Waals surface area contributed by atoms with Gasteiger partial charge in [-0.2, -0.15) is 0 Å². The summed E-state index contributed by atoms with van der Waals surface area (Å²) in [5.74, 6) is -0.419. The predicted molar refractivity (Wildman–Crippen MR) is 57.8 cm³/mol. The van der Waals surface area contributed by atoms with E-state index in [0.29, 0.717) is 13.2 Å². The molecule has 1 saturated heterocycles. The third-order valence-corrected chi connectivity index (χ3v) is 2.46. The highest BCUT2D eigenvalue weighted by atomic mass is 16.5. The van der Waals surface area contributed by atoms with Gasteiger partial charge in [-0.25, -0.2) is 0 Å². The van der Waals surface area contributed by atoms with Crippen LogP contribution in [-0.2, 0) is 19.1 Å². The fourth-order valence-corrected chi connectivity index (χ4v) is 1.63. The summed E-state index contributed by atoms with van der Waals surface area (Å²) >= 11 is 0.